The normalized spacial score (nSPS) is 18.2. The first-order valence-corrected chi connectivity index (χ1v) is 5.95. The first-order valence-electron chi connectivity index (χ1n) is 5.20. The molecule has 1 heterocycles. The average Bonchev–Trinajstić information content (AvgIpc) is 2.23. The maximum absolute atomic E-state index is 5.99. The van der Waals surface area contributed by atoms with Gasteiger partial charge in [-0.1, -0.05) is 30.1 Å². The van der Waals surface area contributed by atoms with E-state index in [4.69, 9.17) is 23.2 Å². The van der Waals surface area contributed by atoms with Crippen LogP contribution in [0, 0.1) is 12.8 Å². The molecule has 0 saturated carbocycles. The van der Waals surface area contributed by atoms with E-state index in [1.54, 1.807) is 0 Å². The second-order valence-electron chi connectivity index (χ2n) is 4.03. The van der Waals surface area contributed by atoms with Gasteiger partial charge in [0.15, 0.2) is 0 Å². The van der Waals surface area contributed by atoms with Crippen LogP contribution in [0.4, 0.5) is 5.69 Å². The highest BCUT2D eigenvalue weighted by Gasteiger charge is 2.16. The monoisotopic (exact) mass is 242 g/mol. The Kier molecular flexibility index (Phi) is 3.42. The number of piperidine rings is 1. The van der Waals surface area contributed by atoms with Gasteiger partial charge < -0.3 is 4.90 Å². The third-order valence-electron chi connectivity index (χ3n) is 2.88. The van der Waals surface area contributed by atoms with Gasteiger partial charge in [0.1, 0.15) is 0 Å². The zero-order valence-corrected chi connectivity index (χ0v) is 10.1. The van der Waals surface area contributed by atoms with E-state index in [1.807, 2.05) is 18.2 Å². The molecule has 15 heavy (non-hydrogen) atoms. The summed E-state index contributed by atoms with van der Waals surface area (Å²) < 4.78 is 0. The molecule has 0 amide bonds. The minimum absolute atomic E-state index is 0.601. The summed E-state index contributed by atoms with van der Waals surface area (Å²) in [6, 6.07) is 5.82. The molecule has 81 valence electrons. The first kappa shape index (κ1) is 11.1. The molecule has 0 aliphatic carbocycles. The van der Waals surface area contributed by atoms with Crippen molar-refractivity contribution in [1.82, 2.24) is 0 Å². The van der Waals surface area contributed by atoms with Crippen molar-refractivity contribution in [3.8, 4) is 0 Å². The van der Waals surface area contributed by atoms with Gasteiger partial charge in [0.05, 0.1) is 10.0 Å². The van der Waals surface area contributed by atoms with Crippen molar-refractivity contribution in [1.29, 1.82) is 0 Å². The number of nitrogens with zero attached hydrogens (tertiary/aromatic N) is 1. The minimum Gasteiger partial charge on any atom is -0.371 e. The molecular weight excluding hydrogens is 229 g/mol. The van der Waals surface area contributed by atoms with Crippen molar-refractivity contribution in [3.63, 3.8) is 0 Å². The largest absolute Gasteiger partial charge is 0.371 e. The second-order valence-corrected chi connectivity index (χ2v) is 4.84. The lowest BCUT2D eigenvalue weighted by atomic mass is 9.99. The second kappa shape index (κ2) is 4.63. The van der Waals surface area contributed by atoms with Crippen LogP contribution in [0.2, 0.25) is 10.0 Å². The van der Waals surface area contributed by atoms with Crippen molar-refractivity contribution < 1.29 is 0 Å². The van der Waals surface area contributed by atoms with Crippen molar-refractivity contribution in [2.45, 2.75) is 12.8 Å². The van der Waals surface area contributed by atoms with Crippen molar-refractivity contribution in [2.75, 3.05) is 18.0 Å². The Morgan fingerprint density at radius 2 is 1.80 bits per heavy atom. The molecule has 1 aliphatic rings. The van der Waals surface area contributed by atoms with Crippen LogP contribution in [-0.4, -0.2) is 13.1 Å². The summed E-state index contributed by atoms with van der Waals surface area (Å²) in [6.45, 7) is 6.21. The molecule has 1 aliphatic heterocycles. The van der Waals surface area contributed by atoms with Gasteiger partial charge in [-0.3, -0.25) is 0 Å². The van der Waals surface area contributed by atoms with E-state index in [-0.39, 0.29) is 0 Å². The average molecular weight is 243 g/mol. The highest BCUT2D eigenvalue weighted by Crippen LogP contribution is 2.29. The Hall–Kier alpha value is -0.400. The van der Waals surface area contributed by atoms with E-state index in [0.29, 0.717) is 16.0 Å². The highest BCUT2D eigenvalue weighted by molar-refractivity contribution is 6.42. The number of hydrogen-bond acceptors (Lipinski definition) is 1. The Bertz CT molecular complexity index is 343. The summed E-state index contributed by atoms with van der Waals surface area (Å²) in [5.41, 5.74) is 1.16. The fourth-order valence-electron chi connectivity index (χ4n) is 1.87. The molecule has 0 N–H and O–H groups in total. The lowest BCUT2D eigenvalue weighted by Gasteiger charge is -2.32. The molecule has 0 bridgehead atoms. The van der Waals surface area contributed by atoms with E-state index in [9.17, 15) is 0 Å². The zero-order chi connectivity index (χ0) is 10.8. The predicted octanol–water partition coefficient (Wildman–Crippen LogP) is 4.04. The maximum Gasteiger partial charge on any atom is 0.0612 e. The lowest BCUT2D eigenvalue weighted by molar-refractivity contribution is 0.476. The molecule has 1 radical (unpaired) electrons. The van der Waals surface area contributed by atoms with Gasteiger partial charge in [0, 0.05) is 18.8 Å². The summed E-state index contributed by atoms with van der Waals surface area (Å²) in [4.78, 5) is 2.34. The maximum atomic E-state index is 5.99. The standard InChI is InChI=1S/C12H14Cl2N/c1-9-4-6-15(7-5-9)10-2-3-11(13)12(14)8-10/h2-3,8-9H,1,4-7H2. The Morgan fingerprint density at radius 1 is 1.13 bits per heavy atom. The third-order valence-corrected chi connectivity index (χ3v) is 3.62. The van der Waals surface area contributed by atoms with E-state index in [1.165, 1.54) is 0 Å². The van der Waals surface area contributed by atoms with E-state index in [0.717, 1.165) is 31.6 Å². The number of halogens is 2. The van der Waals surface area contributed by atoms with Crippen LogP contribution in [0.1, 0.15) is 12.8 Å². The summed E-state index contributed by atoms with van der Waals surface area (Å²) in [5, 5.41) is 1.25. The Balaban J connectivity index is 2.12. The Labute approximate surface area is 101 Å². The fraction of sp³-hybridized carbons (Fsp3) is 0.417. The molecule has 0 unspecified atom stereocenters. The lowest BCUT2D eigenvalue weighted by Crippen LogP contribution is -2.32. The van der Waals surface area contributed by atoms with Gasteiger partial charge in [-0.2, -0.15) is 0 Å². The van der Waals surface area contributed by atoms with E-state index < -0.39 is 0 Å². The number of hydrogen-bond donors (Lipinski definition) is 0. The summed E-state index contributed by atoms with van der Waals surface area (Å²) in [7, 11) is 0. The highest BCUT2D eigenvalue weighted by atomic mass is 35.5. The quantitative estimate of drug-likeness (QED) is 0.719. The first-order chi connectivity index (χ1) is 7.16. The topological polar surface area (TPSA) is 3.24 Å². The molecule has 0 atom stereocenters. The van der Waals surface area contributed by atoms with Crippen LogP contribution in [0.25, 0.3) is 0 Å². The summed E-state index contributed by atoms with van der Waals surface area (Å²) in [6.07, 6.45) is 2.31. The SMILES string of the molecule is [CH2]C1CCN(c2ccc(Cl)c(Cl)c2)CC1. The Morgan fingerprint density at radius 3 is 2.40 bits per heavy atom. The van der Waals surface area contributed by atoms with Gasteiger partial charge in [-0.25, -0.2) is 0 Å². The predicted molar refractivity (Wildman–Crippen MR) is 66.8 cm³/mol. The van der Waals surface area contributed by atoms with Crippen LogP contribution < -0.4 is 4.90 Å². The third kappa shape index (κ3) is 2.59. The van der Waals surface area contributed by atoms with Crippen molar-refractivity contribution >= 4 is 28.9 Å². The molecular formula is C12H14Cl2N. The van der Waals surface area contributed by atoms with Gasteiger partial charge >= 0.3 is 0 Å². The number of rotatable bonds is 1. The molecule has 1 aromatic carbocycles. The molecule has 2 rings (SSSR count). The van der Waals surface area contributed by atoms with Gasteiger partial charge in [-0.05, 0) is 37.0 Å². The van der Waals surface area contributed by atoms with Crippen molar-refractivity contribution in [2.24, 2.45) is 5.92 Å². The molecule has 1 nitrogen and oxygen atoms in total. The van der Waals surface area contributed by atoms with Crippen LogP contribution in [0.15, 0.2) is 18.2 Å². The van der Waals surface area contributed by atoms with Crippen LogP contribution >= 0.6 is 23.2 Å². The van der Waals surface area contributed by atoms with Crippen LogP contribution in [0.5, 0.6) is 0 Å². The molecule has 1 fully saturated rings. The number of anilines is 1. The van der Waals surface area contributed by atoms with Crippen molar-refractivity contribution in [3.05, 3.63) is 35.2 Å². The van der Waals surface area contributed by atoms with Crippen LogP contribution in [-0.2, 0) is 0 Å². The molecule has 1 aromatic rings. The fourth-order valence-corrected chi connectivity index (χ4v) is 2.17. The molecule has 3 heteroatoms. The smallest absolute Gasteiger partial charge is 0.0612 e. The summed E-state index contributed by atoms with van der Waals surface area (Å²) in [5.74, 6) is 0.601. The van der Waals surface area contributed by atoms with Crippen LogP contribution in [0.3, 0.4) is 0 Å². The summed E-state index contributed by atoms with van der Waals surface area (Å²) >= 11 is 11.9. The molecule has 0 aromatic heterocycles. The van der Waals surface area contributed by atoms with Gasteiger partial charge in [0.25, 0.3) is 0 Å². The van der Waals surface area contributed by atoms with E-state index >= 15 is 0 Å². The molecule has 0 spiro atoms. The minimum atomic E-state index is 0.601. The van der Waals surface area contributed by atoms with Gasteiger partial charge in [-0.15, -0.1) is 0 Å². The zero-order valence-electron chi connectivity index (χ0n) is 8.55. The van der Waals surface area contributed by atoms with E-state index in [2.05, 4.69) is 11.8 Å². The number of benzene rings is 1. The molecule has 1 saturated heterocycles. The van der Waals surface area contributed by atoms with Gasteiger partial charge in [0.2, 0.25) is 0 Å².